The van der Waals surface area contributed by atoms with Crippen LogP contribution in [0.5, 0.6) is 5.75 Å². The van der Waals surface area contributed by atoms with Crippen LogP contribution >= 0.6 is 0 Å². The van der Waals surface area contributed by atoms with Crippen LogP contribution in [-0.4, -0.2) is 24.6 Å². The van der Waals surface area contributed by atoms with Crippen LogP contribution in [0.1, 0.15) is 49.5 Å². The van der Waals surface area contributed by atoms with Gasteiger partial charge in [-0.2, -0.15) is 0 Å². The molecule has 0 saturated carbocycles. The molecule has 0 spiro atoms. The Morgan fingerprint density at radius 1 is 0.962 bits per heavy atom. The summed E-state index contributed by atoms with van der Waals surface area (Å²) in [4.78, 5) is 23.9. The Kier molecular flexibility index (Phi) is 6.78. The second-order valence-corrected chi connectivity index (χ2v) is 6.27. The lowest BCUT2D eigenvalue weighted by Crippen LogP contribution is -2.30. The molecule has 0 aliphatic heterocycles. The van der Waals surface area contributed by atoms with Gasteiger partial charge in [0.2, 0.25) is 0 Å². The maximum atomic E-state index is 12.3. The lowest BCUT2D eigenvalue weighted by molar-refractivity contribution is -0.122. The van der Waals surface area contributed by atoms with Crippen molar-refractivity contribution in [2.75, 3.05) is 11.9 Å². The highest BCUT2D eigenvalue weighted by molar-refractivity contribution is 5.95. The second-order valence-electron chi connectivity index (χ2n) is 6.27. The molecule has 1 amide bonds. The number of rotatable bonds is 7. The summed E-state index contributed by atoms with van der Waals surface area (Å²) in [6.45, 7) is 8.02. The topological polar surface area (TPSA) is 64.6 Å². The van der Waals surface area contributed by atoms with Crippen LogP contribution in [0.3, 0.4) is 0 Å². The first-order valence-electron chi connectivity index (χ1n) is 8.75. The predicted octanol–water partition coefficient (Wildman–Crippen LogP) is 4.39. The van der Waals surface area contributed by atoms with Crippen molar-refractivity contribution >= 4 is 17.6 Å². The molecule has 5 nitrogen and oxygen atoms in total. The predicted molar refractivity (Wildman–Crippen MR) is 102 cm³/mol. The zero-order valence-electron chi connectivity index (χ0n) is 15.6. The molecule has 0 aliphatic rings. The Morgan fingerprint density at radius 3 is 2.12 bits per heavy atom. The number of esters is 1. The Morgan fingerprint density at radius 2 is 1.58 bits per heavy atom. The van der Waals surface area contributed by atoms with Crippen molar-refractivity contribution in [3.63, 3.8) is 0 Å². The summed E-state index contributed by atoms with van der Waals surface area (Å²) in [5, 5.41) is 2.77. The summed E-state index contributed by atoms with van der Waals surface area (Å²) in [6.07, 6.45) is -0.648. The van der Waals surface area contributed by atoms with Crippen LogP contribution in [0.2, 0.25) is 0 Å². The van der Waals surface area contributed by atoms with Gasteiger partial charge in [0, 0.05) is 5.69 Å². The standard InChI is InChI=1S/C21H25NO4/c1-5-25-21(24)17-6-10-18(11-7-17)22-20(23)15(4)26-19-12-8-16(9-13-19)14(2)3/h6-15H,5H2,1-4H3,(H,22,23). The average molecular weight is 355 g/mol. The first-order valence-corrected chi connectivity index (χ1v) is 8.75. The minimum absolute atomic E-state index is 0.262. The molecule has 2 aromatic rings. The van der Waals surface area contributed by atoms with Crippen molar-refractivity contribution in [1.82, 2.24) is 0 Å². The van der Waals surface area contributed by atoms with Crippen molar-refractivity contribution < 1.29 is 19.1 Å². The number of nitrogens with one attached hydrogen (secondary N) is 1. The third-order valence-electron chi connectivity index (χ3n) is 3.89. The lowest BCUT2D eigenvalue weighted by atomic mass is 10.0. The molecule has 0 saturated heterocycles. The summed E-state index contributed by atoms with van der Waals surface area (Å²) in [6, 6.07) is 14.3. The lowest BCUT2D eigenvalue weighted by Gasteiger charge is -2.15. The van der Waals surface area contributed by atoms with Gasteiger partial charge in [-0.1, -0.05) is 26.0 Å². The van der Waals surface area contributed by atoms with Crippen molar-refractivity contribution in [1.29, 1.82) is 0 Å². The van der Waals surface area contributed by atoms with E-state index in [4.69, 9.17) is 9.47 Å². The summed E-state index contributed by atoms with van der Waals surface area (Å²) in [7, 11) is 0. The van der Waals surface area contributed by atoms with Crippen LogP contribution in [-0.2, 0) is 9.53 Å². The van der Waals surface area contributed by atoms with Crippen molar-refractivity contribution in [3.8, 4) is 5.75 Å². The molecule has 0 fully saturated rings. The fourth-order valence-electron chi connectivity index (χ4n) is 2.34. The molecule has 0 radical (unpaired) electrons. The Labute approximate surface area is 154 Å². The van der Waals surface area contributed by atoms with E-state index in [1.165, 1.54) is 5.56 Å². The third-order valence-corrected chi connectivity index (χ3v) is 3.89. The van der Waals surface area contributed by atoms with E-state index in [9.17, 15) is 9.59 Å². The molecule has 0 bridgehead atoms. The molecule has 1 N–H and O–H groups in total. The van der Waals surface area contributed by atoms with E-state index in [1.807, 2.05) is 24.3 Å². The van der Waals surface area contributed by atoms with E-state index >= 15 is 0 Å². The van der Waals surface area contributed by atoms with Gasteiger partial charge in [0.25, 0.3) is 5.91 Å². The van der Waals surface area contributed by atoms with E-state index in [-0.39, 0.29) is 11.9 Å². The molecule has 2 aromatic carbocycles. The number of hydrogen-bond acceptors (Lipinski definition) is 4. The molecule has 1 unspecified atom stereocenters. The summed E-state index contributed by atoms with van der Waals surface area (Å²) in [5.74, 6) is 0.450. The highest BCUT2D eigenvalue weighted by atomic mass is 16.5. The quantitative estimate of drug-likeness (QED) is 0.748. The van der Waals surface area contributed by atoms with Crippen LogP contribution in [0.15, 0.2) is 48.5 Å². The van der Waals surface area contributed by atoms with Crippen LogP contribution in [0, 0.1) is 0 Å². The number of hydrogen-bond donors (Lipinski definition) is 1. The monoisotopic (exact) mass is 355 g/mol. The number of anilines is 1. The summed E-state index contributed by atoms with van der Waals surface area (Å²) >= 11 is 0. The zero-order valence-corrected chi connectivity index (χ0v) is 15.6. The van der Waals surface area contributed by atoms with E-state index in [0.29, 0.717) is 29.5 Å². The van der Waals surface area contributed by atoms with Gasteiger partial charge in [-0.25, -0.2) is 4.79 Å². The van der Waals surface area contributed by atoms with Crippen LogP contribution in [0.4, 0.5) is 5.69 Å². The largest absolute Gasteiger partial charge is 0.481 e. The molecule has 0 heterocycles. The molecule has 5 heteroatoms. The fraction of sp³-hybridized carbons (Fsp3) is 0.333. The molecule has 138 valence electrons. The first kappa shape index (κ1) is 19.5. The van der Waals surface area contributed by atoms with Gasteiger partial charge in [-0.15, -0.1) is 0 Å². The molecule has 0 aliphatic carbocycles. The maximum absolute atomic E-state index is 12.3. The van der Waals surface area contributed by atoms with E-state index < -0.39 is 6.10 Å². The van der Waals surface area contributed by atoms with Gasteiger partial charge in [0.1, 0.15) is 5.75 Å². The van der Waals surface area contributed by atoms with Crippen molar-refractivity contribution in [3.05, 3.63) is 59.7 Å². The van der Waals surface area contributed by atoms with Gasteiger partial charge < -0.3 is 14.8 Å². The number of ether oxygens (including phenoxy) is 2. The Bertz CT molecular complexity index is 736. The smallest absolute Gasteiger partial charge is 0.338 e. The molecular formula is C21H25NO4. The van der Waals surface area contributed by atoms with Gasteiger partial charge >= 0.3 is 5.97 Å². The number of amides is 1. The minimum atomic E-state index is -0.648. The Hall–Kier alpha value is -2.82. The highest BCUT2D eigenvalue weighted by Gasteiger charge is 2.15. The summed E-state index contributed by atoms with van der Waals surface area (Å²) in [5.41, 5.74) is 2.25. The number of carbonyl (C=O) groups excluding carboxylic acids is 2. The van der Waals surface area contributed by atoms with Crippen LogP contribution in [0.25, 0.3) is 0 Å². The second kappa shape index (κ2) is 9.04. The minimum Gasteiger partial charge on any atom is -0.481 e. The SMILES string of the molecule is CCOC(=O)c1ccc(NC(=O)C(C)Oc2ccc(C(C)C)cc2)cc1. The van der Waals surface area contributed by atoms with Gasteiger partial charge in [0.05, 0.1) is 12.2 Å². The fourth-order valence-corrected chi connectivity index (χ4v) is 2.34. The van der Waals surface area contributed by atoms with Gasteiger partial charge in [-0.3, -0.25) is 4.79 Å². The average Bonchev–Trinajstić information content (AvgIpc) is 2.63. The van der Waals surface area contributed by atoms with Crippen molar-refractivity contribution in [2.45, 2.75) is 39.7 Å². The van der Waals surface area contributed by atoms with E-state index in [0.717, 1.165) is 0 Å². The molecular weight excluding hydrogens is 330 g/mol. The Balaban J connectivity index is 1.93. The number of benzene rings is 2. The highest BCUT2D eigenvalue weighted by Crippen LogP contribution is 2.20. The molecule has 26 heavy (non-hydrogen) atoms. The normalized spacial score (nSPS) is 11.7. The first-order chi connectivity index (χ1) is 12.4. The maximum Gasteiger partial charge on any atom is 0.338 e. The van der Waals surface area contributed by atoms with Crippen molar-refractivity contribution in [2.24, 2.45) is 0 Å². The van der Waals surface area contributed by atoms with E-state index in [1.54, 1.807) is 38.1 Å². The van der Waals surface area contributed by atoms with Gasteiger partial charge in [0.15, 0.2) is 6.10 Å². The molecule has 1 atom stereocenters. The van der Waals surface area contributed by atoms with Crippen LogP contribution < -0.4 is 10.1 Å². The molecule has 0 aromatic heterocycles. The van der Waals surface area contributed by atoms with Gasteiger partial charge in [-0.05, 0) is 61.7 Å². The van der Waals surface area contributed by atoms with E-state index in [2.05, 4.69) is 19.2 Å². The summed E-state index contributed by atoms with van der Waals surface area (Å²) < 4.78 is 10.6. The third kappa shape index (κ3) is 5.34. The molecule has 2 rings (SSSR count). The number of carbonyl (C=O) groups is 2. The zero-order chi connectivity index (χ0) is 19.1.